The van der Waals surface area contributed by atoms with E-state index < -0.39 is 0 Å². The summed E-state index contributed by atoms with van der Waals surface area (Å²) >= 11 is 7.39. The van der Waals surface area contributed by atoms with Crippen molar-refractivity contribution < 1.29 is 5.11 Å². The molecule has 0 saturated heterocycles. The van der Waals surface area contributed by atoms with Crippen LogP contribution in [0.2, 0.25) is 5.02 Å². The summed E-state index contributed by atoms with van der Waals surface area (Å²) in [6.07, 6.45) is 2.08. The van der Waals surface area contributed by atoms with E-state index in [1.54, 1.807) is 0 Å². The average Bonchev–Trinajstić information content (AvgIpc) is 2.13. The molecule has 1 unspecified atom stereocenters. The third-order valence-electron chi connectivity index (χ3n) is 1.63. The monoisotopic (exact) mass is 233 g/mol. The van der Waals surface area contributed by atoms with Crippen LogP contribution in [0, 0.1) is 0 Å². The molecule has 0 saturated carbocycles. The van der Waals surface area contributed by atoms with Crippen LogP contribution in [-0.4, -0.2) is 26.9 Å². The van der Waals surface area contributed by atoms with Crippen LogP contribution in [0.5, 0.6) is 0 Å². The van der Waals surface area contributed by atoms with Crippen molar-refractivity contribution in [3.8, 4) is 0 Å². The maximum absolute atomic E-state index is 8.73. The number of halogens is 1. The van der Waals surface area contributed by atoms with Crippen LogP contribution < -0.4 is 5.73 Å². The Morgan fingerprint density at radius 2 is 2.36 bits per heavy atom. The van der Waals surface area contributed by atoms with Crippen molar-refractivity contribution in [2.75, 3.05) is 12.3 Å². The molecule has 1 atom stereocenters. The molecular weight excluding hydrogens is 222 g/mol. The number of hydrogen-bond acceptors (Lipinski definition) is 5. The molecule has 3 N–H and O–H groups in total. The van der Waals surface area contributed by atoms with Gasteiger partial charge in [0.15, 0.2) is 0 Å². The van der Waals surface area contributed by atoms with Gasteiger partial charge in [-0.2, -0.15) is 0 Å². The van der Waals surface area contributed by atoms with E-state index in [1.807, 2.05) is 6.92 Å². The Balaban J connectivity index is 2.71. The van der Waals surface area contributed by atoms with Gasteiger partial charge in [-0.05, 0) is 6.42 Å². The van der Waals surface area contributed by atoms with Crippen LogP contribution in [0.1, 0.15) is 13.3 Å². The predicted octanol–water partition coefficient (Wildman–Crippen LogP) is 1.58. The Kier molecular flexibility index (Phi) is 4.44. The SMILES string of the molecule is CC(CCO)Sc1ncnc(N)c1Cl. The first-order chi connectivity index (χ1) is 6.65. The first-order valence-electron chi connectivity index (χ1n) is 4.18. The minimum absolute atomic E-state index is 0.159. The number of nitrogens with zero attached hydrogens (tertiary/aromatic N) is 2. The second-order valence-electron chi connectivity index (χ2n) is 2.82. The summed E-state index contributed by atoms with van der Waals surface area (Å²) in [6.45, 7) is 2.15. The summed E-state index contributed by atoms with van der Waals surface area (Å²) < 4.78 is 0. The van der Waals surface area contributed by atoms with Crippen molar-refractivity contribution in [3.05, 3.63) is 11.3 Å². The molecule has 1 aromatic heterocycles. The molecule has 6 heteroatoms. The summed E-state index contributed by atoms with van der Waals surface area (Å²) in [5, 5.41) is 10.0. The molecule has 1 rings (SSSR count). The fourth-order valence-corrected chi connectivity index (χ4v) is 2.03. The summed E-state index contributed by atoms with van der Waals surface area (Å²) in [6, 6.07) is 0. The average molecular weight is 234 g/mol. The van der Waals surface area contributed by atoms with Crippen molar-refractivity contribution in [3.63, 3.8) is 0 Å². The van der Waals surface area contributed by atoms with Gasteiger partial charge >= 0.3 is 0 Å². The van der Waals surface area contributed by atoms with Gasteiger partial charge in [0.05, 0.1) is 0 Å². The lowest BCUT2D eigenvalue weighted by Crippen LogP contribution is -2.01. The summed E-state index contributed by atoms with van der Waals surface area (Å²) in [4.78, 5) is 7.78. The van der Waals surface area contributed by atoms with Crippen molar-refractivity contribution in [2.45, 2.75) is 23.6 Å². The highest BCUT2D eigenvalue weighted by molar-refractivity contribution is 7.99. The number of aromatic nitrogens is 2. The summed E-state index contributed by atoms with van der Waals surface area (Å²) in [5.41, 5.74) is 5.52. The zero-order valence-corrected chi connectivity index (χ0v) is 9.35. The van der Waals surface area contributed by atoms with E-state index >= 15 is 0 Å². The fourth-order valence-electron chi connectivity index (χ4n) is 0.880. The minimum Gasteiger partial charge on any atom is -0.396 e. The summed E-state index contributed by atoms with van der Waals surface area (Å²) in [7, 11) is 0. The van der Waals surface area contributed by atoms with E-state index in [0.717, 1.165) is 0 Å². The normalized spacial score (nSPS) is 12.8. The van der Waals surface area contributed by atoms with Gasteiger partial charge in [0.25, 0.3) is 0 Å². The summed E-state index contributed by atoms with van der Waals surface area (Å²) in [5.74, 6) is 0.292. The molecule has 78 valence electrons. The van der Waals surface area contributed by atoms with Crippen LogP contribution in [0.25, 0.3) is 0 Å². The van der Waals surface area contributed by atoms with E-state index in [4.69, 9.17) is 22.4 Å². The molecule has 0 bridgehead atoms. The number of aliphatic hydroxyl groups excluding tert-OH is 1. The number of nitrogen functional groups attached to an aromatic ring is 1. The van der Waals surface area contributed by atoms with Gasteiger partial charge in [-0.1, -0.05) is 18.5 Å². The van der Waals surface area contributed by atoms with Crippen LogP contribution in [-0.2, 0) is 0 Å². The molecule has 0 aliphatic heterocycles. The molecule has 4 nitrogen and oxygen atoms in total. The second-order valence-corrected chi connectivity index (χ2v) is 4.62. The van der Waals surface area contributed by atoms with E-state index in [-0.39, 0.29) is 11.9 Å². The number of anilines is 1. The molecular formula is C8H12ClN3OS. The molecule has 0 amide bonds. The molecule has 1 aromatic rings. The fraction of sp³-hybridized carbons (Fsp3) is 0.500. The van der Waals surface area contributed by atoms with Gasteiger partial charge in [-0.15, -0.1) is 11.8 Å². The standard InChI is InChI=1S/C8H12ClN3OS/c1-5(2-3-13)14-8-6(9)7(10)11-4-12-8/h4-5,13H,2-3H2,1H3,(H2,10,11,12). The van der Waals surface area contributed by atoms with Gasteiger partial charge in [0.1, 0.15) is 22.2 Å². The smallest absolute Gasteiger partial charge is 0.146 e. The Labute approximate surface area is 91.9 Å². The molecule has 0 aromatic carbocycles. The Morgan fingerprint density at radius 1 is 1.64 bits per heavy atom. The predicted molar refractivity (Wildman–Crippen MR) is 58.5 cm³/mol. The number of aliphatic hydroxyl groups is 1. The van der Waals surface area contributed by atoms with Crippen molar-refractivity contribution in [2.24, 2.45) is 0 Å². The minimum atomic E-state index is 0.159. The van der Waals surface area contributed by atoms with E-state index in [1.165, 1.54) is 18.1 Å². The van der Waals surface area contributed by atoms with Crippen LogP contribution >= 0.6 is 23.4 Å². The van der Waals surface area contributed by atoms with Crippen molar-refractivity contribution >= 4 is 29.2 Å². The van der Waals surface area contributed by atoms with Gasteiger partial charge in [0, 0.05) is 11.9 Å². The van der Waals surface area contributed by atoms with Gasteiger partial charge in [0.2, 0.25) is 0 Å². The Morgan fingerprint density at radius 3 is 3.00 bits per heavy atom. The quantitative estimate of drug-likeness (QED) is 0.610. The van der Waals surface area contributed by atoms with E-state index in [0.29, 0.717) is 22.3 Å². The largest absolute Gasteiger partial charge is 0.396 e. The number of rotatable bonds is 4. The third kappa shape index (κ3) is 3.01. The van der Waals surface area contributed by atoms with E-state index in [2.05, 4.69) is 9.97 Å². The topological polar surface area (TPSA) is 72.0 Å². The van der Waals surface area contributed by atoms with Crippen LogP contribution in [0.15, 0.2) is 11.4 Å². The van der Waals surface area contributed by atoms with Crippen LogP contribution in [0.3, 0.4) is 0 Å². The molecule has 14 heavy (non-hydrogen) atoms. The molecule has 0 aliphatic rings. The highest BCUT2D eigenvalue weighted by Gasteiger charge is 2.10. The van der Waals surface area contributed by atoms with E-state index in [9.17, 15) is 0 Å². The maximum Gasteiger partial charge on any atom is 0.146 e. The lowest BCUT2D eigenvalue weighted by atomic mass is 10.3. The molecule has 1 heterocycles. The van der Waals surface area contributed by atoms with Gasteiger partial charge in [-0.25, -0.2) is 9.97 Å². The van der Waals surface area contributed by atoms with Crippen LogP contribution in [0.4, 0.5) is 5.82 Å². The van der Waals surface area contributed by atoms with Gasteiger partial charge < -0.3 is 10.8 Å². The highest BCUT2D eigenvalue weighted by atomic mass is 35.5. The number of thioether (sulfide) groups is 1. The molecule has 0 spiro atoms. The Hall–Kier alpha value is -0.520. The zero-order chi connectivity index (χ0) is 10.6. The van der Waals surface area contributed by atoms with Crippen molar-refractivity contribution in [1.82, 2.24) is 9.97 Å². The highest BCUT2D eigenvalue weighted by Crippen LogP contribution is 2.31. The number of nitrogens with two attached hydrogens (primary N) is 1. The second kappa shape index (κ2) is 5.38. The van der Waals surface area contributed by atoms with Gasteiger partial charge in [-0.3, -0.25) is 0 Å². The lowest BCUT2D eigenvalue weighted by Gasteiger charge is -2.09. The molecule has 0 radical (unpaired) electrons. The zero-order valence-electron chi connectivity index (χ0n) is 7.77. The third-order valence-corrected chi connectivity index (χ3v) is 3.29. The molecule has 0 fully saturated rings. The molecule has 0 aliphatic carbocycles. The van der Waals surface area contributed by atoms with Crippen molar-refractivity contribution in [1.29, 1.82) is 0 Å². The first-order valence-corrected chi connectivity index (χ1v) is 5.44. The lowest BCUT2D eigenvalue weighted by molar-refractivity contribution is 0.289. The maximum atomic E-state index is 8.73. The number of hydrogen-bond donors (Lipinski definition) is 2. The first kappa shape index (κ1) is 11.6. The Bertz CT molecular complexity index is 311.